The maximum Gasteiger partial charge on any atom is 0.301 e. The number of carbonyl (C=O) groups is 2. The fraction of sp³-hybridized carbons (Fsp3) is 0.233. The van der Waals surface area contributed by atoms with Gasteiger partial charge in [-0.25, -0.2) is 4.98 Å². The molecule has 1 amide bonds. The van der Waals surface area contributed by atoms with E-state index in [0.717, 1.165) is 22.4 Å². The van der Waals surface area contributed by atoms with Crippen molar-refractivity contribution in [2.75, 3.05) is 11.5 Å². The first-order chi connectivity index (χ1) is 18.8. The number of ether oxygens (including phenoxy) is 2. The summed E-state index contributed by atoms with van der Waals surface area (Å²) in [6.45, 7) is 4.52. The zero-order chi connectivity index (χ0) is 27.3. The third-order valence-electron chi connectivity index (χ3n) is 6.81. The summed E-state index contributed by atoms with van der Waals surface area (Å²) in [5.74, 6) is -0.415. The molecule has 1 fully saturated rings. The van der Waals surface area contributed by atoms with Crippen molar-refractivity contribution in [1.82, 2.24) is 4.98 Å². The van der Waals surface area contributed by atoms with E-state index in [1.54, 1.807) is 36.4 Å². The summed E-state index contributed by atoms with van der Waals surface area (Å²) in [5, 5.41) is 12.5. The van der Waals surface area contributed by atoms with Gasteiger partial charge in [0.25, 0.3) is 5.78 Å². The van der Waals surface area contributed by atoms with Gasteiger partial charge in [-0.2, -0.15) is 0 Å². The molecule has 3 heterocycles. The number of amides is 1. The zero-order valence-corrected chi connectivity index (χ0v) is 22.9. The molecule has 6 rings (SSSR count). The summed E-state index contributed by atoms with van der Waals surface area (Å²) < 4.78 is 12.4. The van der Waals surface area contributed by atoms with Gasteiger partial charge in [-0.15, -0.1) is 0 Å². The lowest BCUT2D eigenvalue weighted by Gasteiger charge is -2.23. The highest BCUT2D eigenvalue weighted by atomic mass is 35.5. The first-order valence-electron chi connectivity index (χ1n) is 12.7. The number of Topliss-reactive ketones (excluding diaryl/α,β-unsaturated/α-hetero) is 1. The zero-order valence-electron chi connectivity index (χ0n) is 21.3. The molecule has 198 valence electrons. The van der Waals surface area contributed by atoms with E-state index in [2.05, 4.69) is 4.98 Å². The van der Waals surface area contributed by atoms with Crippen LogP contribution in [0.1, 0.15) is 43.0 Å². The van der Waals surface area contributed by atoms with E-state index < -0.39 is 17.7 Å². The fourth-order valence-corrected chi connectivity index (χ4v) is 6.32. The highest BCUT2D eigenvalue weighted by Gasteiger charge is 2.48. The Labute approximate surface area is 234 Å². The number of fused-ring (bicyclic) bond motifs is 2. The first-order valence-corrected chi connectivity index (χ1v) is 13.9. The van der Waals surface area contributed by atoms with Gasteiger partial charge in [-0.1, -0.05) is 42.0 Å². The molecule has 9 heteroatoms. The Morgan fingerprint density at radius 1 is 1.18 bits per heavy atom. The van der Waals surface area contributed by atoms with E-state index in [4.69, 9.17) is 21.1 Å². The number of rotatable bonds is 6. The van der Waals surface area contributed by atoms with Crippen molar-refractivity contribution in [2.24, 2.45) is 0 Å². The Hall–Kier alpha value is -3.88. The Balaban J connectivity index is 1.52. The van der Waals surface area contributed by atoms with E-state index in [9.17, 15) is 14.7 Å². The second kappa shape index (κ2) is 10.0. The number of ketones is 1. The minimum atomic E-state index is -0.908. The topological polar surface area (TPSA) is 89.0 Å². The average Bonchev–Trinajstić information content (AvgIpc) is 3.59. The van der Waals surface area contributed by atoms with E-state index in [-0.39, 0.29) is 17.4 Å². The van der Waals surface area contributed by atoms with Crippen LogP contribution in [0.25, 0.3) is 16.0 Å². The number of aromatic nitrogens is 1. The van der Waals surface area contributed by atoms with E-state index >= 15 is 0 Å². The number of hydrogen-bond donors (Lipinski definition) is 1. The summed E-state index contributed by atoms with van der Waals surface area (Å²) in [6, 6.07) is 16.9. The van der Waals surface area contributed by atoms with Crippen LogP contribution in [-0.2, 0) is 16.0 Å². The van der Waals surface area contributed by atoms with Crippen LogP contribution in [0, 0.1) is 0 Å². The van der Waals surface area contributed by atoms with E-state index in [1.807, 2.05) is 38.1 Å². The van der Waals surface area contributed by atoms with Crippen molar-refractivity contribution in [3.8, 4) is 11.5 Å². The first kappa shape index (κ1) is 25.4. The lowest BCUT2D eigenvalue weighted by atomic mass is 9.94. The molecule has 39 heavy (non-hydrogen) atoms. The third kappa shape index (κ3) is 4.53. The Bertz CT molecular complexity index is 1660. The Morgan fingerprint density at radius 2 is 2.03 bits per heavy atom. The number of carbonyl (C=O) groups excluding carboxylic acids is 2. The molecule has 0 radical (unpaired) electrons. The lowest BCUT2D eigenvalue weighted by Crippen LogP contribution is -2.29. The van der Waals surface area contributed by atoms with Crippen molar-refractivity contribution >= 4 is 55.7 Å². The highest BCUT2D eigenvalue weighted by molar-refractivity contribution is 7.22. The average molecular weight is 561 g/mol. The van der Waals surface area contributed by atoms with Gasteiger partial charge < -0.3 is 14.6 Å². The Kier molecular flexibility index (Phi) is 6.53. The number of halogens is 1. The number of benzene rings is 3. The van der Waals surface area contributed by atoms with Crippen LogP contribution in [0.4, 0.5) is 5.13 Å². The van der Waals surface area contributed by atoms with E-state index in [1.165, 1.54) is 16.2 Å². The van der Waals surface area contributed by atoms with Crippen LogP contribution >= 0.6 is 22.9 Å². The van der Waals surface area contributed by atoms with Gasteiger partial charge >= 0.3 is 5.91 Å². The number of aliphatic hydroxyl groups excluding tert-OH is 1. The second-order valence-electron chi connectivity index (χ2n) is 9.65. The minimum absolute atomic E-state index is 0.00292. The number of thiazole rings is 1. The predicted octanol–water partition coefficient (Wildman–Crippen LogP) is 6.69. The van der Waals surface area contributed by atoms with Crippen LogP contribution in [0.3, 0.4) is 0 Å². The van der Waals surface area contributed by atoms with Crippen LogP contribution in [0.5, 0.6) is 11.5 Å². The molecule has 7 nitrogen and oxygen atoms in total. The number of nitrogens with zero attached hydrogens (tertiary/aromatic N) is 2. The van der Waals surface area contributed by atoms with Gasteiger partial charge in [-0.3, -0.25) is 14.5 Å². The van der Waals surface area contributed by atoms with Crippen LogP contribution in [0.2, 0.25) is 5.02 Å². The quantitative estimate of drug-likeness (QED) is 0.161. The van der Waals surface area contributed by atoms with Gasteiger partial charge in [0.15, 0.2) is 5.13 Å². The summed E-state index contributed by atoms with van der Waals surface area (Å²) in [6.07, 6.45) is 1.55. The molecule has 2 atom stereocenters. The summed E-state index contributed by atoms with van der Waals surface area (Å²) >= 11 is 7.45. The SMILES string of the molecule is CCCOc1cccc(C2C(=C(O)c3ccc4c(c3)CC(C)O4)C(=O)C(=O)N2c2nc3ccc(Cl)cc3s2)c1. The van der Waals surface area contributed by atoms with Gasteiger partial charge in [-0.05, 0) is 73.0 Å². The van der Waals surface area contributed by atoms with Crippen LogP contribution in [-0.4, -0.2) is 34.5 Å². The van der Waals surface area contributed by atoms with Crippen molar-refractivity contribution in [3.63, 3.8) is 0 Å². The molecule has 1 N–H and O–H groups in total. The maximum atomic E-state index is 13.6. The molecule has 1 aromatic heterocycles. The molecule has 0 aliphatic carbocycles. The number of hydrogen-bond acceptors (Lipinski definition) is 7. The molecule has 3 aromatic carbocycles. The summed E-state index contributed by atoms with van der Waals surface area (Å²) in [4.78, 5) is 33.2. The monoisotopic (exact) mass is 560 g/mol. The molecule has 4 aromatic rings. The smallest absolute Gasteiger partial charge is 0.301 e. The minimum Gasteiger partial charge on any atom is -0.507 e. The molecular formula is C30H25ClN2O5S. The summed E-state index contributed by atoms with van der Waals surface area (Å²) in [5.41, 5.74) is 2.67. The normalized spacial score (nSPS) is 19.9. The van der Waals surface area contributed by atoms with Crippen molar-refractivity contribution in [3.05, 3.63) is 87.9 Å². The second-order valence-corrected chi connectivity index (χ2v) is 11.1. The van der Waals surface area contributed by atoms with Gasteiger partial charge in [0.1, 0.15) is 23.4 Å². The van der Waals surface area contributed by atoms with Crippen molar-refractivity contribution < 1.29 is 24.2 Å². The number of anilines is 1. The standard InChI is InChI=1S/C30H25ClN2O5S/c1-3-11-37-21-6-4-5-17(14-21)26-25(27(34)18-7-10-23-19(13-18)12-16(2)38-23)28(35)29(36)33(26)30-32-22-9-8-20(31)15-24(22)39-30/h4-10,13-16,26,34H,3,11-12H2,1-2H3. The Morgan fingerprint density at radius 3 is 2.85 bits per heavy atom. The van der Waals surface area contributed by atoms with Crippen LogP contribution in [0.15, 0.2) is 66.2 Å². The molecule has 2 aliphatic heterocycles. The highest BCUT2D eigenvalue weighted by Crippen LogP contribution is 2.45. The lowest BCUT2D eigenvalue weighted by molar-refractivity contribution is -0.132. The molecule has 1 saturated heterocycles. The molecule has 0 spiro atoms. The molecule has 2 unspecified atom stereocenters. The molecular weight excluding hydrogens is 536 g/mol. The molecule has 2 aliphatic rings. The molecule has 0 saturated carbocycles. The van der Waals surface area contributed by atoms with E-state index in [0.29, 0.717) is 45.6 Å². The predicted molar refractivity (Wildman–Crippen MR) is 152 cm³/mol. The van der Waals surface area contributed by atoms with Crippen molar-refractivity contribution in [1.29, 1.82) is 0 Å². The number of aliphatic hydroxyl groups is 1. The maximum absolute atomic E-state index is 13.6. The van der Waals surface area contributed by atoms with Gasteiger partial charge in [0, 0.05) is 17.0 Å². The van der Waals surface area contributed by atoms with Crippen LogP contribution < -0.4 is 14.4 Å². The van der Waals surface area contributed by atoms with Gasteiger partial charge in [0.05, 0.1) is 28.4 Å². The third-order valence-corrected chi connectivity index (χ3v) is 8.06. The molecule has 0 bridgehead atoms. The van der Waals surface area contributed by atoms with Crippen molar-refractivity contribution in [2.45, 2.75) is 38.8 Å². The largest absolute Gasteiger partial charge is 0.507 e. The van der Waals surface area contributed by atoms with Gasteiger partial charge in [0.2, 0.25) is 0 Å². The fourth-order valence-electron chi connectivity index (χ4n) is 5.05. The summed E-state index contributed by atoms with van der Waals surface area (Å²) in [7, 11) is 0.